The molecule has 2 aliphatic heterocycles. The standard InChI is InChI=1S/C37H51NO8/c1-23-33(41)30(39)19-32(45-23)46-26-8-14-35(22-38-17-12-24-6-4-3-5-7-24)28-9-13-34(2)27(25-18-31(40)44-21-25)11-16-37(34,43)29(28)10-15-36(35,42)20-26/h3-7,18,22-23,26-30,32-33,39,41-43H,8-17,19-21H2,1-2H3/t23-,26-,27+,28-,29+,30-,32+,33+,34+,35-,36-,37-/m0/s1. The summed E-state index contributed by atoms with van der Waals surface area (Å²) in [6.45, 7) is 4.90. The molecule has 7 rings (SSSR count). The van der Waals surface area contributed by atoms with E-state index in [-0.39, 0.29) is 41.7 Å². The van der Waals surface area contributed by atoms with Crippen LogP contribution in [-0.2, 0) is 25.4 Å². The molecule has 0 spiro atoms. The number of aliphatic hydroxyl groups excluding tert-OH is 2. The predicted molar refractivity (Wildman–Crippen MR) is 171 cm³/mol. The second kappa shape index (κ2) is 12.1. The number of carbonyl (C=O) groups is 1. The zero-order chi connectivity index (χ0) is 32.3. The lowest BCUT2D eigenvalue weighted by molar-refractivity contribution is -0.282. The van der Waals surface area contributed by atoms with Crippen LogP contribution in [0.5, 0.6) is 0 Å². The number of aliphatic hydroxyl groups is 4. The van der Waals surface area contributed by atoms with Gasteiger partial charge in [-0.15, -0.1) is 0 Å². The van der Waals surface area contributed by atoms with Gasteiger partial charge in [0.25, 0.3) is 0 Å². The number of fused-ring (bicyclic) bond motifs is 5. The second-order valence-corrected chi connectivity index (χ2v) is 15.5. The Morgan fingerprint density at radius 2 is 1.80 bits per heavy atom. The molecule has 0 amide bonds. The molecule has 0 unspecified atom stereocenters. The molecule has 0 bridgehead atoms. The van der Waals surface area contributed by atoms with Gasteiger partial charge in [-0.3, -0.25) is 4.99 Å². The molecule has 9 heteroatoms. The third kappa shape index (κ3) is 5.21. The van der Waals surface area contributed by atoms with Gasteiger partial charge in [0.15, 0.2) is 6.29 Å². The summed E-state index contributed by atoms with van der Waals surface area (Å²) >= 11 is 0. The molecule has 0 radical (unpaired) electrons. The van der Waals surface area contributed by atoms with Gasteiger partial charge in [0.2, 0.25) is 0 Å². The van der Waals surface area contributed by atoms with Crippen molar-refractivity contribution in [1.82, 2.24) is 0 Å². The lowest BCUT2D eigenvalue weighted by Gasteiger charge is -2.66. The fraction of sp³-hybridized carbons (Fsp3) is 0.730. The van der Waals surface area contributed by atoms with Crippen LogP contribution in [0.25, 0.3) is 0 Å². The number of hydrogen-bond acceptors (Lipinski definition) is 9. The number of benzene rings is 1. The molecule has 1 aromatic carbocycles. The van der Waals surface area contributed by atoms with E-state index in [0.29, 0.717) is 51.7 Å². The molecule has 0 aromatic heterocycles. The fourth-order valence-electron chi connectivity index (χ4n) is 10.9. The Hall–Kier alpha value is -2.14. The number of nitrogens with zero attached hydrogens (tertiary/aromatic N) is 1. The van der Waals surface area contributed by atoms with E-state index in [1.165, 1.54) is 5.56 Å². The first-order valence-electron chi connectivity index (χ1n) is 17.5. The monoisotopic (exact) mass is 637 g/mol. The molecule has 2 heterocycles. The largest absolute Gasteiger partial charge is 0.458 e. The molecule has 1 aromatic rings. The SMILES string of the molecule is C[C@@H]1O[C@H](O[C@H]2CC[C@]3(C=NCCc4ccccc4)[C@H]4CC[C@]5(C)[C@@H](C6=CC(=O)OC6)CC[C@]5(O)[C@@H]4CC[C@]3(O)C2)C[C@H](O)[C@@H]1O. The van der Waals surface area contributed by atoms with Crippen molar-refractivity contribution in [3.8, 4) is 0 Å². The first-order valence-corrected chi connectivity index (χ1v) is 17.5. The smallest absolute Gasteiger partial charge is 0.331 e. The summed E-state index contributed by atoms with van der Waals surface area (Å²) in [6.07, 6.45) is 7.68. The van der Waals surface area contributed by atoms with Crippen molar-refractivity contribution in [2.75, 3.05) is 13.2 Å². The zero-order valence-corrected chi connectivity index (χ0v) is 27.2. The lowest BCUT2D eigenvalue weighted by atomic mass is 9.41. The van der Waals surface area contributed by atoms with E-state index in [9.17, 15) is 25.2 Å². The second-order valence-electron chi connectivity index (χ2n) is 15.5. The predicted octanol–water partition coefficient (Wildman–Crippen LogP) is 3.89. The number of esters is 1. The third-order valence-corrected chi connectivity index (χ3v) is 13.3. The first kappa shape index (κ1) is 32.4. The summed E-state index contributed by atoms with van der Waals surface area (Å²) < 4.78 is 17.6. The number of hydrogen-bond donors (Lipinski definition) is 4. The van der Waals surface area contributed by atoms with Gasteiger partial charge in [-0.2, -0.15) is 0 Å². The Labute approximate surface area is 272 Å². The van der Waals surface area contributed by atoms with Crippen LogP contribution < -0.4 is 0 Å². The third-order valence-electron chi connectivity index (χ3n) is 13.3. The van der Waals surface area contributed by atoms with Crippen LogP contribution in [0.2, 0.25) is 0 Å². The van der Waals surface area contributed by atoms with E-state index in [2.05, 4.69) is 25.3 Å². The average molecular weight is 638 g/mol. The fourth-order valence-corrected chi connectivity index (χ4v) is 10.9. The zero-order valence-electron chi connectivity index (χ0n) is 27.2. The van der Waals surface area contributed by atoms with Gasteiger partial charge in [-0.05, 0) is 93.6 Å². The molecule has 46 heavy (non-hydrogen) atoms. The Morgan fingerprint density at radius 3 is 2.54 bits per heavy atom. The molecule has 4 N–H and O–H groups in total. The van der Waals surface area contributed by atoms with Gasteiger partial charge in [-0.1, -0.05) is 37.3 Å². The molecular weight excluding hydrogens is 586 g/mol. The van der Waals surface area contributed by atoms with Crippen LogP contribution in [0.15, 0.2) is 47.0 Å². The van der Waals surface area contributed by atoms with Crippen LogP contribution in [0.4, 0.5) is 0 Å². The highest BCUT2D eigenvalue weighted by atomic mass is 16.7. The molecule has 5 fully saturated rings. The molecule has 4 saturated carbocycles. The summed E-state index contributed by atoms with van der Waals surface area (Å²) in [4.78, 5) is 17.0. The minimum absolute atomic E-state index is 0.00681. The van der Waals surface area contributed by atoms with Crippen LogP contribution in [0.1, 0.15) is 83.6 Å². The van der Waals surface area contributed by atoms with Crippen molar-refractivity contribution in [3.63, 3.8) is 0 Å². The van der Waals surface area contributed by atoms with Crippen LogP contribution in [0.3, 0.4) is 0 Å². The number of ether oxygens (including phenoxy) is 3. The number of cyclic esters (lactones) is 1. The maximum Gasteiger partial charge on any atom is 0.331 e. The van der Waals surface area contributed by atoms with Gasteiger partial charge >= 0.3 is 5.97 Å². The molecule has 4 aliphatic carbocycles. The summed E-state index contributed by atoms with van der Waals surface area (Å²) in [7, 11) is 0. The molecular formula is C37H51NO8. The van der Waals surface area contributed by atoms with Gasteiger partial charge in [0.1, 0.15) is 12.7 Å². The molecule has 252 valence electrons. The van der Waals surface area contributed by atoms with E-state index in [1.54, 1.807) is 13.0 Å². The van der Waals surface area contributed by atoms with Gasteiger partial charge in [0.05, 0.1) is 29.5 Å². The van der Waals surface area contributed by atoms with E-state index in [1.807, 2.05) is 18.2 Å². The Morgan fingerprint density at radius 1 is 1.02 bits per heavy atom. The number of aliphatic imine (C=N–C) groups is 1. The highest BCUT2D eigenvalue weighted by molar-refractivity contribution is 5.85. The van der Waals surface area contributed by atoms with Crippen LogP contribution in [-0.4, -0.2) is 87.7 Å². The van der Waals surface area contributed by atoms with Crippen LogP contribution in [0, 0.1) is 28.6 Å². The molecule has 1 saturated heterocycles. The maximum absolute atomic E-state index is 12.7. The summed E-state index contributed by atoms with van der Waals surface area (Å²) in [5.74, 6) is -0.110. The Bertz CT molecular complexity index is 1340. The van der Waals surface area contributed by atoms with E-state index >= 15 is 0 Å². The molecule has 9 nitrogen and oxygen atoms in total. The van der Waals surface area contributed by atoms with Crippen molar-refractivity contribution >= 4 is 12.2 Å². The quantitative estimate of drug-likeness (QED) is 0.201. The van der Waals surface area contributed by atoms with Crippen molar-refractivity contribution < 1.29 is 39.4 Å². The highest BCUT2D eigenvalue weighted by Crippen LogP contribution is 2.70. The normalized spacial score (nSPS) is 47.2. The van der Waals surface area contributed by atoms with E-state index in [0.717, 1.165) is 31.3 Å². The number of rotatable bonds is 7. The topological polar surface area (TPSA) is 138 Å². The van der Waals surface area contributed by atoms with E-state index in [4.69, 9.17) is 19.2 Å². The molecule has 6 aliphatic rings. The van der Waals surface area contributed by atoms with Gasteiger partial charge in [0, 0.05) is 42.5 Å². The van der Waals surface area contributed by atoms with Gasteiger partial charge < -0.3 is 34.6 Å². The number of carbonyl (C=O) groups excluding carboxylic acids is 1. The molecule has 12 atom stereocenters. The van der Waals surface area contributed by atoms with Crippen molar-refractivity contribution in [2.45, 2.75) is 126 Å². The average Bonchev–Trinajstić information content (AvgIpc) is 3.58. The van der Waals surface area contributed by atoms with Crippen molar-refractivity contribution in [2.24, 2.45) is 33.6 Å². The van der Waals surface area contributed by atoms with Crippen LogP contribution >= 0.6 is 0 Å². The minimum atomic E-state index is -1.07. The lowest BCUT2D eigenvalue weighted by Crippen LogP contribution is -2.69. The van der Waals surface area contributed by atoms with Crippen molar-refractivity contribution in [1.29, 1.82) is 0 Å². The van der Waals surface area contributed by atoms with Gasteiger partial charge in [-0.25, -0.2) is 4.79 Å². The van der Waals surface area contributed by atoms with Crippen molar-refractivity contribution in [3.05, 3.63) is 47.5 Å². The summed E-state index contributed by atoms with van der Waals surface area (Å²) in [5, 5.41) is 46.0. The van der Waals surface area contributed by atoms with E-state index < -0.39 is 41.2 Å². The Kier molecular flexibility index (Phi) is 8.51. The summed E-state index contributed by atoms with van der Waals surface area (Å²) in [6, 6.07) is 10.3. The Balaban J connectivity index is 1.16. The first-order chi connectivity index (χ1) is 22.0. The maximum atomic E-state index is 12.7. The minimum Gasteiger partial charge on any atom is -0.458 e. The highest BCUT2D eigenvalue weighted by Gasteiger charge is 2.71. The summed E-state index contributed by atoms with van der Waals surface area (Å²) in [5.41, 5.74) is -0.707.